The van der Waals surface area contributed by atoms with Crippen molar-refractivity contribution in [2.75, 3.05) is 14.2 Å². The number of allylic oxidation sites excluding steroid dienone is 1. The maximum absolute atomic E-state index is 5.32. The van der Waals surface area contributed by atoms with Gasteiger partial charge in [0.25, 0.3) is 0 Å². The second-order valence-electron chi connectivity index (χ2n) is 4.76. The van der Waals surface area contributed by atoms with Gasteiger partial charge in [0.15, 0.2) is 0 Å². The molecule has 1 rings (SSSR count). The number of ether oxygens (including phenoxy) is 2. The predicted octanol–water partition coefficient (Wildman–Crippen LogP) is 2.21. The highest BCUT2D eigenvalue weighted by Gasteiger charge is 2.20. The van der Waals surface area contributed by atoms with Gasteiger partial charge in [0.2, 0.25) is 0 Å². The van der Waals surface area contributed by atoms with Crippen LogP contribution in [0.3, 0.4) is 0 Å². The molecule has 0 radical (unpaired) electrons. The molecule has 1 atom stereocenters. The van der Waals surface area contributed by atoms with Crippen LogP contribution in [-0.2, 0) is 9.47 Å². The molecule has 1 aliphatic carbocycles. The molecule has 1 N–H and O–H groups in total. The molecule has 0 saturated carbocycles. The molecule has 0 fully saturated rings. The van der Waals surface area contributed by atoms with Gasteiger partial charge < -0.3 is 14.8 Å². The number of nitrogens with one attached hydrogen (secondary N) is 1. The minimum atomic E-state index is 0.0442. The maximum atomic E-state index is 5.32. The first-order valence-electron chi connectivity index (χ1n) is 5.22. The average molecular weight is 211 g/mol. The van der Waals surface area contributed by atoms with Crippen LogP contribution in [0.15, 0.2) is 23.6 Å². The third-order valence-corrected chi connectivity index (χ3v) is 2.21. The quantitative estimate of drug-likeness (QED) is 0.776. The lowest BCUT2D eigenvalue weighted by molar-refractivity contribution is 0.133. The molecule has 0 aliphatic heterocycles. The van der Waals surface area contributed by atoms with Crippen LogP contribution in [0.2, 0.25) is 0 Å². The highest BCUT2D eigenvalue weighted by molar-refractivity contribution is 5.26. The number of hydrogen-bond donors (Lipinski definition) is 1. The molecule has 1 aliphatic rings. The molecule has 3 heteroatoms. The van der Waals surface area contributed by atoms with E-state index in [1.165, 1.54) is 0 Å². The molecular formula is C12H21NO2. The van der Waals surface area contributed by atoms with Crippen molar-refractivity contribution in [2.45, 2.75) is 38.8 Å². The molecule has 0 aromatic carbocycles. The van der Waals surface area contributed by atoms with Crippen molar-refractivity contribution in [3.63, 3.8) is 0 Å². The Labute approximate surface area is 92.1 Å². The zero-order valence-corrected chi connectivity index (χ0v) is 10.3. The SMILES string of the molecule is COC1=C(NC(C)(C)C)CC(OC)C=C1. The third kappa shape index (κ3) is 3.59. The summed E-state index contributed by atoms with van der Waals surface area (Å²) in [7, 11) is 3.42. The van der Waals surface area contributed by atoms with Gasteiger partial charge in [0.1, 0.15) is 5.76 Å². The summed E-state index contributed by atoms with van der Waals surface area (Å²) in [5, 5.41) is 3.45. The summed E-state index contributed by atoms with van der Waals surface area (Å²) in [6, 6.07) is 0. The van der Waals surface area contributed by atoms with Gasteiger partial charge in [-0.15, -0.1) is 0 Å². The van der Waals surface area contributed by atoms with E-state index in [0.717, 1.165) is 17.9 Å². The Morgan fingerprint density at radius 3 is 2.47 bits per heavy atom. The van der Waals surface area contributed by atoms with Crippen molar-refractivity contribution in [3.05, 3.63) is 23.6 Å². The van der Waals surface area contributed by atoms with E-state index in [1.54, 1.807) is 14.2 Å². The second-order valence-corrected chi connectivity index (χ2v) is 4.76. The monoisotopic (exact) mass is 211 g/mol. The van der Waals surface area contributed by atoms with Gasteiger partial charge in [-0.05, 0) is 26.8 Å². The van der Waals surface area contributed by atoms with Gasteiger partial charge in [-0.2, -0.15) is 0 Å². The summed E-state index contributed by atoms with van der Waals surface area (Å²) < 4.78 is 10.6. The summed E-state index contributed by atoms with van der Waals surface area (Å²) in [6.45, 7) is 6.40. The molecule has 0 amide bonds. The van der Waals surface area contributed by atoms with Gasteiger partial charge in [-0.25, -0.2) is 0 Å². The Kier molecular flexibility index (Phi) is 3.80. The van der Waals surface area contributed by atoms with Crippen LogP contribution >= 0.6 is 0 Å². The van der Waals surface area contributed by atoms with E-state index in [2.05, 4.69) is 26.1 Å². The standard InChI is InChI=1S/C12H21NO2/c1-12(2,3)13-10-8-9(14-4)6-7-11(10)15-5/h6-7,9,13H,8H2,1-5H3. The van der Waals surface area contributed by atoms with Crippen molar-refractivity contribution in [1.29, 1.82) is 0 Å². The van der Waals surface area contributed by atoms with Crippen LogP contribution in [0.5, 0.6) is 0 Å². The molecule has 0 bridgehead atoms. The lowest BCUT2D eigenvalue weighted by Gasteiger charge is -2.29. The van der Waals surface area contributed by atoms with Crippen molar-refractivity contribution in [1.82, 2.24) is 5.32 Å². The molecule has 0 spiro atoms. The first-order chi connectivity index (χ1) is 6.96. The molecule has 0 aromatic rings. The Balaban J connectivity index is 2.79. The number of hydrogen-bond acceptors (Lipinski definition) is 3. The van der Waals surface area contributed by atoms with Crippen molar-refractivity contribution in [3.8, 4) is 0 Å². The summed E-state index contributed by atoms with van der Waals surface area (Å²) in [5.74, 6) is 0.901. The summed E-state index contributed by atoms with van der Waals surface area (Å²) in [5.41, 5.74) is 1.15. The van der Waals surface area contributed by atoms with E-state index < -0.39 is 0 Å². The average Bonchev–Trinajstić information content (AvgIpc) is 2.15. The lowest BCUT2D eigenvalue weighted by atomic mass is 10.0. The molecule has 0 saturated heterocycles. The van der Waals surface area contributed by atoms with Gasteiger partial charge in [0.05, 0.1) is 18.9 Å². The highest BCUT2D eigenvalue weighted by Crippen LogP contribution is 2.21. The molecule has 3 nitrogen and oxygen atoms in total. The topological polar surface area (TPSA) is 30.5 Å². The number of methoxy groups -OCH3 is 2. The predicted molar refractivity (Wildman–Crippen MR) is 61.5 cm³/mol. The lowest BCUT2D eigenvalue weighted by Crippen LogP contribution is -2.37. The molecule has 1 unspecified atom stereocenters. The highest BCUT2D eigenvalue weighted by atomic mass is 16.5. The van der Waals surface area contributed by atoms with Crippen LogP contribution in [0.1, 0.15) is 27.2 Å². The van der Waals surface area contributed by atoms with E-state index in [9.17, 15) is 0 Å². The molecule has 86 valence electrons. The van der Waals surface area contributed by atoms with Gasteiger partial charge in [0, 0.05) is 19.1 Å². The van der Waals surface area contributed by atoms with Crippen LogP contribution in [0.25, 0.3) is 0 Å². The van der Waals surface area contributed by atoms with Gasteiger partial charge >= 0.3 is 0 Å². The van der Waals surface area contributed by atoms with Crippen LogP contribution < -0.4 is 5.32 Å². The first kappa shape index (κ1) is 12.1. The Morgan fingerprint density at radius 2 is 2.00 bits per heavy atom. The van der Waals surface area contributed by atoms with Crippen molar-refractivity contribution < 1.29 is 9.47 Å². The maximum Gasteiger partial charge on any atom is 0.137 e. The van der Waals surface area contributed by atoms with E-state index in [4.69, 9.17) is 9.47 Å². The zero-order valence-electron chi connectivity index (χ0n) is 10.3. The minimum absolute atomic E-state index is 0.0442. The van der Waals surface area contributed by atoms with Crippen LogP contribution in [0.4, 0.5) is 0 Å². The molecular weight excluding hydrogens is 190 g/mol. The fourth-order valence-electron chi connectivity index (χ4n) is 1.58. The Morgan fingerprint density at radius 1 is 1.33 bits per heavy atom. The van der Waals surface area contributed by atoms with E-state index in [0.29, 0.717) is 0 Å². The second kappa shape index (κ2) is 4.71. The van der Waals surface area contributed by atoms with Crippen LogP contribution in [-0.4, -0.2) is 25.9 Å². The van der Waals surface area contributed by atoms with Gasteiger partial charge in [-0.1, -0.05) is 6.08 Å². The fraction of sp³-hybridized carbons (Fsp3) is 0.667. The van der Waals surface area contributed by atoms with Gasteiger partial charge in [-0.3, -0.25) is 0 Å². The molecule has 15 heavy (non-hydrogen) atoms. The van der Waals surface area contributed by atoms with E-state index in [-0.39, 0.29) is 11.6 Å². The van der Waals surface area contributed by atoms with Crippen LogP contribution in [0, 0.1) is 0 Å². The normalized spacial score (nSPS) is 21.8. The third-order valence-electron chi connectivity index (χ3n) is 2.21. The molecule has 0 heterocycles. The zero-order chi connectivity index (χ0) is 11.5. The fourth-order valence-corrected chi connectivity index (χ4v) is 1.58. The number of rotatable bonds is 3. The smallest absolute Gasteiger partial charge is 0.137 e. The summed E-state index contributed by atoms with van der Waals surface area (Å²) in [4.78, 5) is 0. The summed E-state index contributed by atoms with van der Waals surface area (Å²) >= 11 is 0. The summed E-state index contributed by atoms with van der Waals surface area (Å²) in [6.07, 6.45) is 4.97. The first-order valence-corrected chi connectivity index (χ1v) is 5.22. The minimum Gasteiger partial charge on any atom is -0.495 e. The Hall–Kier alpha value is -0.960. The largest absolute Gasteiger partial charge is 0.495 e. The molecule has 0 aromatic heterocycles. The van der Waals surface area contributed by atoms with Crippen molar-refractivity contribution in [2.24, 2.45) is 0 Å². The Bertz CT molecular complexity index is 274. The van der Waals surface area contributed by atoms with Crippen molar-refractivity contribution >= 4 is 0 Å². The van der Waals surface area contributed by atoms with E-state index >= 15 is 0 Å². The van der Waals surface area contributed by atoms with E-state index in [1.807, 2.05) is 12.2 Å².